The Morgan fingerprint density at radius 1 is 1.44 bits per heavy atom. The number of aromatic carboxylic acids is 1. The van der Waals surface area contributed by atoms with E-state index in [1.165, 1.54) is 0 Å². The van der Waals surface area contributed by atoms with Gasteiger partial charge in [0.2, 0.25) is 0 Å². The molecular formula is C12H15NO2S. The molecule has 0 amide bonds. The minimum absolute atomic E-state index is 0.350. The van der Waals surface area contributed by atoms with Crippen molar-refractivity contribution in [3.63, 3.8) is 0 Å². The van der Waals surface area contributed by atoms with Crippen LogP contribution in [0.5, 0.6) is 0 Å². The van der Waals surface area contributed by atoms with Crippen LogP contribution in [0.3, 0.4) is 0 Å². The van der Waals surface area contributed by atoms with E-state index < -0.39 is 5.97 Å². The zero-order valence-electron chi connectivity index (χ0n) is 9.22. The first kappa shape index (κ1) is 11.3. The van der Waals surface area contributed by atoms with Crippen molar-refractivity contribution in [2.24, 2.45) is 0 Å². The maximum absolute atomic E-state index is 10.7. The van der Waals surface area contributed by atoms with Crippen molar-refractivity contribution in [3.05, 3.63) is 29.8 Å². The summed E-state index contributed by atoms with van der Waals surface area (Å²) in [5.74, 6) is 0.274. The van der Waals surface area contributed by atoms with Crippen molar-refractivity contribution < 1.29 is 9.90 Å². The predicted octanol–water partition coefficient (Wildman–Crippen LogP) is 2.33. The van der Waals surface area contributed by atoms with Crippen molar-refractivity contribution in [3.8, 4) is 0 Å². The van der Waals surface area contributed by atoms with Gasteiger partial charge in [-0.25, -0.2) is 4.79 Å². The van der Waals surface area contributed by atoms with E-state index in [4.69, 9.17) is 5.11 Å². The van der Waals surface area contributed by atoms with Gasteiger partial charge in [0.1, 0.15) is 0 Å². The second-order valence-electron chi connectivity index (χ2n) is 3.98. The third-order valence-electron chi connectivity index (χ3n) is 2.72. The Balaban J connectivity index is 2.11. The Kier molecular flexibility index (Phi) is 3.39. The molecule has 0 bridgehead atoms. The molecule has 1 fully saturated rings. The molecule has 1 aliphatic rings. The summed E-state index contributed by atoms with van der Waals surface area (Å²) in [7, 11) is 0. The molecule has 4 heteroatoms. The number of hydrogen-bond acceptors (Lipinski definition) is 3. The summed E-state index contributed by atoms with van der Waals surface area (Å²) in [6.45, 7) is 4.31. The molecular weight excluding hydrogens is 222 g/mol. The standard InChI is InChI=1S/C12H15NO2S/c1-9-8-13(6-7-16-9)11-4-2-10(3-5-11)12(14)15/h2-5,9H,6-8H2,1H3,(H,14,15). The Morgan fingerprint density at radius 2 is 2.12 bits per heavy atom. The van der Waals surface area contributed by atoms with Gasteiger partial charge < -0.3 is 10.0 Å². The van der Waals surface area contributed by atoms with Crippen molar-refractivity contribution in [1.29, 1.82) is 0 Å². The molecule has 1 N–H and O–H groups in total. The van der Waals surface area contributed by atoms with Gasteiger partial charge in [0.15, 0.2) is 0 Å². The molecule has 1 aromatic rings. The van der Waals surface area contributed by atoms with Crippen LogP contribution in [-0.2, 0) is 0 Å². The maximum atomic E-state index is 10.7. The Labute approximate surface area is 99.5 Å². The van der Waals surface area contributed by atoms with Crippen molar-refractivity contribution >= 4 is 23.4 Å². The van der Waals surface area contributed by atoms with Gasteiger partial charge >= 0.3 is 5.97 Å². The van der Waals surface area contributed by atoms with E-state index in [-0.39, 0.29) is 0 Å². The third-order valence-corrected chi connectivity index (χ3v) is 3.86. The number of carbonyl (C=O) groups is 1. The van der Waals surface area contributed by atoms with Gasteiger partial charge in [0.25, 0.3) is 0 Å². The van der Waals surface area contributed by atoms with Crippen LogP contribution in [0.2, 0.25) is 0 Å². The van der Waals surface area contributed by atoms with Crippen LogP contribution in [0, 0.1) is 0 Å². The molecule has 3 nitrogen and oxygen atoms in total. The largest absolute Gasteiger partial charge is 0.478 e. The number of anilines is 1. The number of benzene rings is 1. The smallest absolute Gasteiger partial charge is 0.335 e. The van der Waals surface area contributed by atoms with Crippen LogP contribution in [-0.4, -0.2) is 35.2 Å². The van der Waals surface area contributed by atoms with Crippen molar-refractivity contribution in [2.45, 2.75) is 12.2 Å². The average molecular weight is 237 g/mol. The highest BCUT2D eigenvalue weighted by molar-refractivity contribution is 8.00. The minimum atomic E-state index is -0.867. The lowest BCUT2D eigenvalue weighted by Crippen LogP contribution is -2.36. The SMILES string of the molecule is CC1CN(c2ccc(C(=O)O)cc2)CCS1. The topological polar surface area (TPSA) is 40.5 Å². The zero-order chi connectivity index (χ0) is 11.5. The molecule has 1 saturated heterocycles. The van der Waals surface area contributed by atoms with Gasteiger partial charge in [0, 0.05) is 29.8 Å². The Morgan fingerprint density at radius 3 is 2.69 bits per heavy atom. The summed E-state index contributed by atoms with van der Waals surface area (Å²) in [5, 5.41) is 9.46. The first-order valence-corrected chi connectivity index (χ1v) is 6.41. The van der Waals surface area contributed by atoms with E-state index in [9.17, 15) is 4.79 Å². The summed E-state index contributed by atoms with van der Waals surface area (Å²) in [6.07, 6.45) is 0. The fraction of sp³-hybridized carbons (Fsp3) is 0.417. The second-order valence-corrected chi connectivity index (χ2v) is 5.53. The van der Waals surface area contributed by atoms with Crippen LogP contribution in [0.1, 0.15) is 17.3 Å². The van der Waals surface area contributed by atoms with E-state index in [1.54, 1.807) is 12.1 Å². The monoisotopic (exact) mass is 237 g/mol. The molecule has 1 heterocycles. The minimum Gasteiger partial charge on any atom is -0.478 e. The molecule has 0 spiro atoms. The van der Waals surface area contributed by atoms with E-state index >= 15 is 0 Å². The summed E-state index contributed by atoms with van der Waals surface area (Å²) < 4.78 is 0. The van der Waals surface area contributed by atoms with Crippen molar-refractivity contribution in [2.75, 3.05) is 23.7 Å². The molecule has 0 aromatic heterocycles. The summed E-state index contributed by atoms with van der Waals surface area (Å²) in [5.41, 5.74) is 1.47. The van der Waals surface area contributed by atoms with Crippen LogP contribution >= 0.6 is 11.8 Å². The van der Waals surface area contributed by atoms with E-state index in [0.717, 1.165) is 24.5 Å². The predicted molar refractivity (Wildman–Crippen MR) is 67.5 cm³/mol. The average Bonchev–Trinajstić information content (AvgIpc) is 2.29. The highest BCUT2D eigenvalue weighted by Gasteiger charge is 2.17. The number of carboxylic acid groups (broad SMARTS) is 1. The molecule has 1 aliphatic heterocycles. The second kappa shape index (κ2) is 4.78. The lowest BCUT2D eigenvalue weighted by molar-refractivity contribution is 0.0697. The van der Waals surface area contributed by atoms with E-state index in [1.807, 2.05) is 23.9 Å². The number of hydrogen-bond donors (Lipinski definition) is 1. The summed E-state index contributed by atoms with van der Waals surface area (Å²) in [6, 6.07) is 7.13. The van der Waals surface area contributed by atoms with Gasteiger partial charge in [-0.1, -0.05) is 6.92 Å². The molecule has 1 atom stereocenters. The molecule has 0 saturated carbocycles. The fourth-order valence-corrected chi connectivity index (χ4v) is 2.88. The summed E-state index contributed by atoms with van der Waals surface area (Å²) >= 11 is 1.99. The molecule has 16 heavy (non-hydrogen) atoms. The zero-order valence-corrected chi connectivity index (χ0v) is 10.0. The molecule has 0 radical (unpaired) electrons. The summed E-state index contributed by atoms with van der Waals surface area (Å²) in [4.78, 5) is 13.0. The van der Waals surface area contributed by atoms with Gasteiger partial charge in [-0.2, -0.15) is 11.8 Å². The lowest BCUT2D eigenvalue weighted by Gasteiger charge is -2.32. The highest BCUT2D eigenvalue weighted by atomic mass is 32.2. The molecule has 1 unspecified atom stereocenters. The number of nitrogens with zero attached hydrogens (tertiary/aromatic N) is 1. The Bertz CT molecular complexity index is 377. The van der Waals surface area contributed by atoms with Crippen LogP contribution in [0.4, 0.5) is 5.69 Å². The normalized spacial score (nSPS) is 20.8. The van der Waals surface area contributed by atoms with Gasteiger partial charge in [-0.15, -0.1) is 0 Å². The van der Waals surface area contributed by atoms with E-state index in [2.05, 4.69) is 11.8 Å². The fourth-order valence-electron chi connectivity index (χ4n) is 1.87. The molecule has 0 aliphatic carbocycles. The van der Waals surface area contributed by atoms with Crippen LogP contribution in [0.25, 0.3) is 0 Å². The molecule has 86 valence electrons. The van der Waals surface area contributed by atoms with Gasteiger partial charge in [0.05, 0.1) is 5.56 Å². The Hall–Kier alpha value is -1.16. The highest BCUT2D eigenvalue weighted by Crippen LogP contribution is 2.23. The number of rotatable bonds is 2. The lowest BCUT2D eigenvalue weighted by atomic mass is 10.2. The van der Waals surface area contributed by atoms with Crippen LogP contribution < -0.4 is 4.90 Å². The van der Waals surface area contributed by atoms with E-state index in [0.29, 0.717) is 10.8 Å². The third kappa shape index (κ3) is 2.50. The molecule has 1 aromatic carbocycles. The first-order valence-electron chi connectivity index (χ1n) is 5.37. The molecule has 2 rings (SSSR count). The maximum Gasteiger partial charge on any atom is 0.335 e. The number of thioether (sulfide) groups is 1. The first-order chi connectivity index (χ1) is 7.66. The van der Waals surface area contributed by atoms with Crippen molar-refractivity contribution in [1.82, 2.24) is 0 Å². The van der Waals surface area contributed by atoms with Gasteiger partial charge in [-0.3, -0.25) is 0 Å². The van der Waals surface area contributed by atoms with Gasteiger partial charge in [-0.05, 0) is 24.3 Å². The quantitative estimate of drug-likeness (QED) is 0.857. The van der Waals surface area contributed by atoms with Crippen LogP contribution in [0.15, 0.2) is 24.3 Å². The number of carboxylic acids is 1.